The number of fused-ring (bicyclic) bond motifs is 1. The van der Waals surface area contributed by atoms with Gasteiger partial charge in [0, 0.05) is 11.8 Å². The van der Waals surface area contributed by atoms with Crippen molar-refractivity contribution in [2.75, 3.05) is 0 Å². The quantitative estimate of drug-likeness (QED) is 0.553. The molecule has 2 heterocycles. The summed E-state index contributed by atoms with van der Waals surface area (Å²) in [7, 11) is 0. The van der Waals surface area contributed by atoms with Crippen LogP contribution in [0.1, 0.15) is 10.4 Å². The summed E-state index contributed by atoms with van der Waals surface area (Å²) in [5, 5.41) is 7.46. The minimum absolute atomic E-state index is 0.623. The molecule has 2 rings (SSSR count). The van der Waals surface area contributed by atoms with Crippen molar-refractivity contribution in [2.24, 2.45) is 0 Å². The highest BCUT2D eigenvalue weighted by atomic mass is 16.1. The van der Waals surface area contributed by atoms with E-state index in [1.165, 1.54) is 0 Å². The molecule has 54 valence electrons. The fraction of sp³-hybridized carbons (Fsp3) is 0. The number of carbonyl (C=O) groups excluding carboxylic acids is 1. The first-order valence-electron chi connectivity index (χ1n) is 3.15. The fourth-order valence-electron chi connectivity index (χ4n) is 0.914. The SMILES string of the molecule is O=Cc1ccc2nncn2c1. The molecule has 0 bridgehead atoms. The van der Waals surface area contributed by atoms with Crippen LogP contribution < -0.4 is 0 Å². The summed E-state index contributed by atoms with van der Waals surface area (Å²) >= 11 is 0. The van der Waals surface area contributed by atoms with Gasteiger partial charge in [-0.1, -0.05) is 0 Å². The summed E-state index contributed by atoms with van der Waals surface area (Å²) in [6, 6.07) is 3.45. The summed E-state index contributed by atoms with van der Waals surface area (Å²) in [5.41, 5.74) is 1.37. The van der Waals surface area contributed by atoms with Gasteiger partial charge < -0.3 is 0 Å². The van der Waals surface area contributed by atoms with Crippen LogP contribution in [0.4, 0.5) is 0 Å². The van der Waals surface area contributed by atoms with Gasteiger partial charge in [-0.25, -0.2) is 0 Å². The van der Waals surface area contributed by atoms with Gasteiger partial charge >= 0.3 is 0 Å². The number of pyridine rings is 1. The molecule has 4 nitrogen and oxygen atoms in total. The highest BCUT2D eigenvalue weighted by molar-refractivity contribution is 5.74. The Bertz CT molecular complexity index is 393. The third-order valence-electron chi connectivity index (χ3n) is 1.45. The molecule has 0 saturated heterocycles. The zero-order chi connectivity index (χ0) is 7.68. The lowest BCUT2D eigenvalue weighted by Crippen LogP contribution is -1.86. The van der Waals surface area contributed by atoms with E-state index in [9.17, 15) is 4.79 Å². The maximum absolute atomic E-state index is 10.3. The number of aldehydes is 1. The van der Waals surface area contributed by atoms with Crippen molar-refractivity contribution >= 4 is 11.9 Å². The van der Waals surface area contributed by atoms with Crippen molar-refractivity contribution in [3.05, 3.63) is 30.2 Å². The van der Waals surface area contributed by atoms with Crippen LogP contribution >= 0.6 is 0 Å². The Morgan fingerprint density at radius 1 is 1.45 bits per heavy atom. The van der Waals surface area contributed by atoms with Crippen molar-refractivity contribution in [1.29, 1.82) is 0 Å². The molecular formula is C7H5N3O. The van der Waals surface area contributed by atoms with Gasteiger partial charge in [0.25, 0.3) is 0 Å². The molecule has 0 radical (unpaired) electrons. The van der Waals surface area contributed by atoms with Crippen LogP contribution in [0, 0.1) is 0 Å². The lowest BCUT2D eigenvalue weighted by atomic mass is 10.3. The number of nitrogens with zero attached hydrogens (tertiary/aromatic N) is 3. The van der Waals surface area contributed by atoms with Crippen LogP contribution in [0.3, 0.4) is 0 Å². The third-order valence-corrected chi connectivity index (χ3v) is 1.45. The number of carbonyl (C=O) groups is 1. The molecule has 2 aromatic heterocycles. The Balaban J connectivity index is 2.76. The molecule has 11 heavy (non-hydrogen) atoms. The second kappa shape index (κ2) is 2.16. The van der Waals surface area contributed by atoms with E-state index in [0.717, 1.165) is 11.9 Å². The van der Waals surface area contributed by atoms with Gasteiger partial charge in [-0.15, -0.1) is 10.2 Å². The van der Waals surface area contributed by atoms with Crippen LogP contribution in [0.5, 0.6) is 0 Å². The second-order valence-corrected chi connectivity index (χ2v) is 2.18. The molecule has 0 fully saturated rings. The summed E-state index contributed by atoms with van der Waals surface area (Å²) in [4.78, 5) is 10.3. The summed E-state index contributed by atoms with van der Waals surface area (Å²) in [6.45, 7) is 0. The minimum Gasteiger partial charge on any atom is -0.298 e. The van der Waals surface area contributed by atoms with Crippen LogP contribution in [-0.4, -0.2) is 20.9 Å². The van der Waals surface area contributed by atoms with E-state index in [-0.39, 0.29) is 0 Å². The van der Waals surface area contributed by atoms with Crippen LogP contribution in [0.2, 0.25) is 0 Å². The van der Waals surface area contributed by atoms with Crippen LogP contribution in [-0.2, 0) is 0 Å². The van der Waals surface area contributed by atoms with E-state index in [2.05, 4.69) is 10.2 Å². The monoisotopic (exact) mass is 147 g/mol. The molecule has 4 heteroatoms. The van der Waals surface area contributed by atoms with Crippen molar-refractivity contribution in [2.45, 2.75) is 0 Å². The molecule has 0 amide bonds. The molecule has 0 aliphatic rings. The summed E-state index contributed by atoms with van der Waals surface area (Å²) < 4.78 is 1.70. The largest absolute Gasteiger partial charge is 0.298 e. The zero-order valence-electron chi connectivity index (χ0n) is 5.64. The highest BCUT2D eigenvalue weighted by Gasteiger charge is 1.94. The van der Waals surface area contributed by atoms with Crippen LogP contribution in [0.15, 0.2) is 24.7 Å². The standard InChI is InChI=1S/C7H5N3O/c11-4-6-1-2-7-9-8-5-10(7)3-6/h1-5H. The normalized spacial score (nSPS) is 10.2. The van der Waals surface area contributed by atoms with Gasteiger partial charge in [-0.05, 0) is 12.1 Å². The minimum atomic E-state index is 0.623. The molecule has 0 aliphatic heterocycles. The zero-order valence-corrected chi connectivity index (χ0v) is 5.64. The Hall–Kier alpha value is -1.71. The average Bonchev–Trinajstić information content (AvgIpc) is 2.50. The van der Waals surface area contributed by atoms with E-state index in [4.69, 9.17) is 0 Å². The molecule has 0 spiro atoms. The molecule has 0 unspecified atom stereocenters. The van der Waals surface area contributed by atoms with Gasteiger partial charge in [0.2, 0.25) is 0 Å². The van der Waals surface area contributed by atoms with Crippen molar-refractivity contribution in [3.63, 3.8) is 0 Å². The number of rotatable bonds is 1. The van der Waals surface area contributed by atoms with Gasteiger partial charge in [0.05, 0.1) is 0 Å². The Labute approximate surface area is 62.5 Å². The Morgan fingerprint density at radius 2 is 2.36 bits per heavy atom. The van der Waals surface area contributed by atoms with E-state index in [0.29, 0.717) is 5.56 Å². The average molecular weight is 147 g/mol. The third kappa shape index (κ3) is 0.881. The lowest BCUT2D eigenvalue weighted by Gasteiger charge is -1.90. The van der Waals surface area contributed by atoms with Gasteiger partial charge in [-0.3, -0.25) is 9.20 Å². The molecule has 0 aromatic carbocycles. The molecular weight excluding hydrogens is 142 g/mol. The smallest absolute Gasteiger partial charge is 0.160 e. The van der Waals surface area contributed by atoms with Gasteiger partial charge in [-0.2, -0.15) is 0 Å². The molecule has 0 saturated carbocycles. The highest BCUT2D eigenvalue weighted by Crippen LogP contribution is 2.00. The van der Waals surface area contributed by atoms with Gasteiger partial charge in [0.15, 0.2) is 11.9 Å². The maximum atomic E-state index is 10.3. The van der Waals surface area contributed by atoms with E-state index >= 15 is 0 Å². The summed E-state index contributed by atoms with van der Waals surface area (Å²) in [6.07, 6.45) is 4.03. The van der Waals surface area contributed by atoms with E-state index in [1.54, 1.807) is 29.1 Å². The molecule has 2 aromatic rings. The fourth-order valence-corrected chi connectivity index (χ4v) is 0.914. The topological polar surface area (TPSA) is 47.3 Å². The van der Waals surface area contributed by atoms with Crippen LogP contribution in [0.25, 0.3) is 5.65 Å². The Kier molecular flexibility index (Phi) is 1.18. The summed E-state index contributed by atoms with van der Waals surface area (Å²) in [5.74, 6) is 0. The van der Waals surface area contributed by atoms with Crippen molar-refractivity contribution in [3.8, 4) is 0 Å². The van der Waals surface area contributed by atoms with Crippen molar-refractivity contribution < 1.29 is 4.79 Å². The first-order chi connectivity index (χ1) is 5.40. The lowest BCUT2D eigenvalue weighted by molar-refractivity contribution is 0.112. The van der Waals surface area contributed by atoms with Crippen molar-refractivity contribution in [1.82, 2.24) is 14.6 Å². The predicted molar refractivity (Wildman–Crippen MR) is 38.4 cm³/mol. The molecule has 0 atom stereocenters. The maximum Gasteiger partial charge on any atom is 0.160 e. The van der Waals surface area contributed by atoms with E-state index < -0.39 is 0 Å². The first kappa shape index (κ1) is 6.03. The number of hydrogen-bond acceptors (Lipinski definition) is 3. The molecule has 0 aliphatic carbocycles. The predicted octanol–water partition coefficient (Wildman–Crippen LogP) is 0.542. The van der Waals surface area contributed by atoms with Gasteiger partial charge in [0.1, 0.15) is 6.33 Å². The number of aromatic nitrogens is 3. The number of hydrogen-bond donors (Lipinski definition) is 0. The Morgan fingerprint density at radius 3 is 3.18 bits per heavy atom. The van der Waals surface area contributed by atoms with E-state index in [1.807, 2.05) is 0 Å². The first-order valence-corrected chi connectivity index (χ1v) is 3.15. The second-order valence-electron chi connectivity index (χ2n) is 2.18. The molecule has 0 N–H and O–H groups in total.